The van der Waals surface area contributed by atoms with Crippen LogP contribution in [0.5, 0.6) is 0 Å². The topological polar surface area (TPSA) is 74.0 Å². The minimum absolute atomic E-state index is 0.204. The molecule has 0 saturated carbocycles. The number of aromatic amines is 1. The van der Waals surface area contributed by atoms with E-state index >= 15 is 0 Å². The standard InChI is InChI=1S/C33H31N3O2/c1-23(24-13-5-2-6-14-24)35-32(37)30(21-27-22-34-29-20-12-11-19-28(27)29)36-33(38)31(25-15-7-3-8-16-25)26-17-9-4-10-18-26/h2-20,22-23,30-31,34H,21H2,1H3,(H,35,37)(H,36,38)/t23-,30-/m0/s1. The summed E-state index contributed by atoms with van der Waals surface area (Å²) in [6.45, 7) is 1.95. The van der Waals surface area contributed by atoms with Gasteiger partial charge in [0.15, 0.2) is 0 Å². The van der Waals surface area contributed by atoms with E-state index in [4.69, 9.17) is 0 Å². The van der Waals surface area contributed by atoms with Gasteiger partial charge in [0.2, 0.25) is 11.8 Å². The summed E-state index contributed by atoms with van der Waals surface area (Å²) in [4.78, 5) is 30.9. The Morgan fingerprint density at radius 1 is 0.658 bits per heavy atom. The summed E-state index contributed by atoms with van der Waals surface area (Å²) in [6, 6.07) is 36.2. The number of nitrogens with one attached hydrogen (secondary N) is 3. The molecule has 0 aliphatic heterocycles. The van der Waals surface area contributed by atoms with Gasteiger partial charge < -0.3 is 15.6 Å². The molecule has 1 aromatic heterocycles. The molecule has 5 nitrogen and oxygen atoms in total. The zero-order valence-electron chi connectivity index (χ0n) is 21.3. The number of rotatable bonds is 9. The van der Waals surface area contributed by atoms with E-state index in [2.05, 4.69) is 15.6 Å². The summed E-state index contributed by atoms with van der Waals surface area (Å²) in [5.74, 6) is -0.975. The fourth-order valence-electron chi connectivity index (χ4n) is 4.91. The molecule has 0 saturated heterocycles. The molecule has 3 N–H and O–H groups in total. The number of aromatic nitrogens is 1. The number of hydrogen-bond donors (Lipinski definition) is 3. The average Bonchev–Trinajstić information content (AvgIpc) is 3.37. The summed E-state index contributed by atoms with van der Waals surface area (Å²) in [7, 11) is 0. The number of H-pyrrole nitrogens is 1. The number of fused-ring (bicyclic) bond motifs is 1. The van der Waals surface area contributed by atoms with Crippen LogP contribution in [0, 0.1) is 0 Å². The van der Waals surface area contributed by atoms with Crippen LogP contribution in [-0.2, 0) is 16.0 Å². The van der Waals surface area contributed by atoms with Crippen molar-refractivity contribution in [2.75, 3.05) is 0 Å². The zero-order valence-corrected chi connectivity index (χ0v) is 21.3. The SMILES string of the molecule is C[C@H](NC(=O)[C@H](Cc1c[nH]c2ccccc12)NC(=O)C(c1ccccc1)c1ccccc1)c1ccccc1. The molecule has 0 fully saturated rings. The first-order valence-corrected chi connectivity index (χ1v) is 12.9. The van der Waals surface area contributed by atoms with E-state index in [9.17, 15) is 9.59 Å². The third-order valence-electron chi connectivity index (χ3n) is 6.92. The van der Waals surface area contributed by atoms with Crippen LogP contribution in [0.25, 0.3) is 10.9 Å². The van der Waals surface area contributed by atoms with Gasteiger partial charge in [-0.3, -0.25) is 9.59 Å². The summed E-state index contributed by atoms with van der Waals surface area (Å²) in [6.07, 6.45) is 2.28. The van der Waals surface area contributed by atoms with E-state index in [1.807, 2.05) is 128 Å². The molecule has 190 valence electrons. The Balaban J connectivity index is 1.45. The smallest absolute Gasteiger partial charge is 0.243 e. The molecule has 5 aromatic rings. The third kappa shape index (κ3) is 5.68. The first kappa shape index (κ1) is 25.0. The predicted molar refractivity (Wildman–Crippen MR) is 152 cm³/mol. The van der Waals surface area contributed by atoms with Crippen LogP contribution in [0.3, 0.4) is 0 Å². The van der Waals surface area contributed by atoms with Crippen LogP contribution in [0.15, 0.2) is 121 Å². The van der Waals surface area contributed by atoms with Crippen LogP contribution in [0.4, 0.5) is 0 Å². The maximum atomic E-state index is 13.9. The first-order chi connectivity index (χ1) is 18.6. The lowest BCUT2D eigenvalue weighted by Crippen LogP contribution is -2.49. The molecule has 0 aliphatic carbocycles. The van der Waals surface area contributed by atoms with Gasteiger partial charge in [-0.1, -0.05) is 109 Å². The van der Waals surface area contributed by atoms with Gasteiger partial charge in [0.05, 0.1) is 12.0 Å². The van der Waals surface area contributed by atoms with Gasteiger partial charge in [-0.15, -0.1) is 0 Å². The summed E-state index contributed by atoms with van der Waals surface area (Å²) < 4.78 is 0. The molecule has 38 heavy (non-hydrogen) atoms. The van der Waals surface area contributed by atoms with Crippen molar-refractivity contribution >= 4 is 22.7 Å². The highest BCUT2D eigenvalue weighted by Crippen LogP contribution is 2.26. The number of benzene rings is 4. The molecule has 0 bridgehead atoms. The predicted octanol–water partition coefficient (Wildman–Crippen LogP) is 5.90. The lowest BCUT2D eigenvalue weighted by atomic mass is 9.90. The summed E-state index contributed by atoms with van der Waals surface area (Å²) >= 11 is 0. The third-order valence-corrected chi connectivity index (χ3v) is 6.92. The number of para-hydroxylation sites is 1. The molecular formula is C33H31N3O2. The molecule has 1 heterocycles. The Bertz CT molecular complexity index is 1460. The van der Waals surface area contributed by atoms with E-state index in [0.717, 1.165) is 33.2 Å². The van der Waals surface area contributed by atoms with Gasteiger partial charge in [-0.05, 0) is 35.2 Å². The molecule has 0 spiro atoms. The second kappa shape index (κ2) is 11.6. The van der Waals surface area contributed by atoms with Gasteiger partial charge in [0, 0.05) is 23.5 Å². The maximum Gasteiger partial charge on any atom is 0.243 e. The molecule has 2 amide bonds. The Morgan fingerprint density at radius 3 is 1.79 bits per heavy atom. The quantitative estimate of drug-likeness (QED) is 0.235. The van der Waals surface area contributed by atoms with Crippen molar-refractivity contribution in [3.63, 3.8) is 0 Å². The van der Waals surface area contributed by atoms with E-state index in [1.54, 1.807) is 0 Å². The highest BCUT2D eigenvalue weighted by Gasteiger charge is 2.29. The van der Waals surface area contributed by atoms with Gasteiger partial charge >= 0.3 is 0 Å². The molecule has 5 heteroatoms. The fraction of sp³-hybridized carbons (Fsp3) is 0.152. The van der Waals surface area contributed by atoms with Crippen molar-refractivity contribution in [1.29, 1.82) is 0 Å². The van der Waals surface area contributed by atoms with Crippen LogP contribution in [0.2, 0.25) is 0 Å². The number of hydrogen-bond acceptors (Lipinski definition) is 2. The van der Waals surface area contributed by atoms with Gasteiger partial charge in [0.25, 0.3) is 0 Å². The highest BCUT2D eigenvalue weighted by atomic mass is 16.2. The molecule has 0 aliphatic rings. The van der Waals surface area contributed by atoms with Crippen molar-refractivity contribution in [3.8, 4) is 0 Å². The van der Waals surface area contributed by atoms with Crippen LogP contribution in [-0.4, -0.2) is 22.8 Å². The lowest BCUT2D eigenvalue weighted by Gasteiger charge is -2.25. The molecular weight excluding hydrogens is 470 g/mol. The van der Waals surface area contributed by atoms with Crippen molar-refractivity contribution in [1.82, 2.24) is 15.6 Å². The van der Waals surface area contributed by atoms with Crippen molar-refractivity contribution in [2.24, 2.45) is 0 Å². The molecule has 4 aromatic carbocycles. The zero-order chi connectivity index (χ0) is 26.3. The Labute approximate surface area is 222 Å². The van der Waals surface area contributed by atoms with E-state index in [1.165, 1.54) is 0 Å². The minimum atomic E-state index is -0.761. The highest BCUT2D eigenvalue weighted by molar-refractivity contribution is 5.93. The van der Waals surface area contributed by atoms with Crippen LogP contribution >= 0.6 is 0 Å². The van der Waals surface area contributed by atoms with Gasteiger partial charge in [0.1, 0.15) is 6.04 Å². The monoisotopic (exact) mass is 501 g/mol. The fourth-order valence-corrected chi connectivity index (χ4v) is 4.91. The first-order valence-electron chi connectivity index (χ1n) is 12.9. The number of carbonyl (C=O) groups excluding carboxylic acids is 2. The lowest BCUT2D eigenvalue weighted by molar-refractivity contribution is -0.129. The van der Waals surface area contributed by atoms with E-state index < -0.39 is 12.0 Å². The number of amides is 2. The normalized spacial score (nSPS) is 12.7. The van der Waals surface area contributed by atoms with Crippen LogP contribution in [0.1, 0.15) is 41.1 Å². The minimum Gasteiger partial charge on any atom is -0.361 e. The van der Waals surface area contributed by atoms with Gasteiger partial charge in [-0.2, -0.15) is 0 Å². The van der Waals surface area contributed by atoms with Crippen LogP contribution < -0.4 is 10.6 Å². The van der Waals surface area contributed by atoms with E-state index in [-0.39, 0.29) is 17.9 Å². The van der Waals surface area contributed by atoms with Crippen molar-refractivity contribution in [2.45, 2.75) is 31.3 Å². The second-order valence-corrected chi connectivity index (χ2v) is 9.52. The summed E-state index contributed by atoms with van der Waals surface area (Å²) in [5.41, 5.74) is 4.73. The number of carbonyl (C=O) groups is 2. The maximum absolute atomic E-state index is 13.9. The molecule has 0 unspecified atom stereocenters. The Morgan fingerprint density at radius 2 is 1.18 bits per heavy atom. The summed E-state index contributed by atoms with van der Waals surface area (Å²) in [5, 5.41) is 7.27. The Kier molecular flexibility index (Phi) is 7.65. The average molecular weight is 502 g/mol. The molecule has 2 atom stereocenters. The van der Waals surface area contributed by atoms with E-state index in [0.29, 0.717) is 6.42 Å². The molecule has 5 rings (SSSR count). The second-order valence-electron chi connectivity index (χ2n) is 9.52. The Hall–Kier alpha value is -4.64. The van der Waals surface area contributed by atoms with Gasteiger partial charge in [-0.25, -0.2) is 0 Å². The largest absolute Gasteiger partial charge is 0.361 e. The van der Waals surface area contributed by atoms with Crippen molar-refractivity contribution in [3.05, 3.63) is 144 Å². The van der Waals surface area contributed by atoms with Crippen molar-refractivity contribution < 1.29 is 9.59 Å². The molecule has 0 radical (unpaired) electrons.